The molecule has 0 aliphatic heterocycles. The minimum absolute atomic E-state index is 0.0256. The molecule has 1 aromatic carbocycles. The van der Waals surface area contributed by atoms with Crippen molar-refractivity contribution in [2.45, 2.75) is 12.7 Å². The molecule has 1 rings (SSSR count). The van der Waals surface area contributed by atoms with Gasteiger partial charge in [0.2, 0.25) is 0 Å². The van der Waals surface area contributed by atoms with Gasteiger partial charge in [-0.1, -0.05) is 6.07 Å². The van der Waals surface area contributed by atoms with Crippen LogP contribution < -0.4 is 15.4 Å². The van der Waals surface area contributed by atoms with E-state index in [1.165, 1.54) is 19.2 Å². The van der Waals surface area contributed by atoms with Gasteiger partial charge in [0.1, 0.15) is 5.75 Å². The lowest BCUT2D eigenvalue weighted by Crippen LogP contribution is -2.38. The zero-order valence-electron chi connectivity index (χ0n) is 12.8. The van der Waals surface area contributed by atoms with Gasteiger partial charge in [-0.05, 0) is 24.0 Å². The first-order valence-corrected chi connectivity index (χ1v) is 7.99. The minimum Gasteiger partial charge on any atom is -0.497 e. The van der Waals surface area contributed by atoms with Crippen molar-refractivity contribution in [2.24, 2.45) is 4.99 Å². The van der Waals surface area contributed by atoms with Crippen LogP contribution in [0.4, 0.5) is 13.2 Å². The van der Waals surface area contributed by atoms with E-state index in [0.29, 0.717) is 12.5 Å². The summed E-state index contributed by atoms with van der Waals surface area (Å²) in [4.78, 5) is 3.98. The maximum atomic E-state index is 13.1. The fourth-order valence-electron chi connectivity index (χ4n) is 1.77. The lowest BCUT2D eigenvalue weighted by molar-refractivity contribution is -0.138. The molecule has 4 nitrogen and oxygen atoms in total. The second-order valence-electron chi connectivity index (χ2n) is 4.37. The molecule has 22 heavy (non-hydrogen) atoms. The average Bonchev–Trinajstić information content (AvgIpc) is 2.49. The van der Waals surface area contributed by atoms with E-state index in [1.54, 1.807) is 18.8 Å². The number of alkyl halides is 3. The molecular weight excluding hydrogens is 315 g/mol. The predicted octanol–water partition coefficient (Wildman–Crippen LogP) is 2.74. The Morgan fingerprint density at radius 3 is 2.59 bits per heavy atom. The number of aliphatic imine (C=N–C) groups is 1. The van der Waals surface area contributed by atoms with E-state index in [1.807, 2.05) is 6.26 Å². The molecule has 124 valence electrons. The third kappa shape index (κ3) is 5.67. The number of ether oxygens (including phenoxy) is 1. The van der Waals surface area contributed by atoms with Gasteiger partial charge in [-0.3, -0.25) is 4.99 Å². The van der Waals surface area contributed by atoms with Crippen LogP contribution in [0.3, 0.4) is 0 Å². The van der Waals surface area contributed by atoms with E-state index >= 15 is 0 Å². The van der Waals surface area contributed by atoms with E-state index in [2.05, 4.69) is 15.6 Å². The molecule has 0 fully saturated rings. The Hall–Kier alpha value is -1.57. The van der Waals surface area contributed by atoms with Crippen molar-refractivity contribution in [1.82, 2.24) is 10.6 Å². The van der Waals surface area contributed by atoms with Crippen LogP contribution in [0.1, 0.15) is 11.1 Å². The molecule has 0 spiro atoms. The lowest BCUT2D eigenvalue weighted by atomic mass is 10.1. The normalized spacial score (nSPS) is 12.2. The van der Waals surface area contributed by atoms with Crippen molar-refractivity contribution < 1.29 is 17.9 Å². The summed E-state index contributed by atoms with van der Waals surface area (Å²) in [6, 6.07) is 3.92. The zero-order valence-corrected chi connectivity index (χ0v) is 13.6. The van der Waals surface area contributed by atoms with Gasteiger partial charge in [0, 0.05) is 25.9 Å². The largest absolute Gasteiger partial charge is 0.497 e. The quantitative estimate of drug-likeness (QED) is 0.477. The number of rotatable bonds is 6. The number of thioether (sulfide) groups is 1. The van der Waals surface area contributed by atoms with Crippen LogP contribution in [0.25, 0.3) is 0 Å². The first-order valence-electron chi connectivity index (χ1n) is 6.60. The monoisotopic (exact) mass is 335 g/mol. The number of halogens is 3. The number of nitrogens with zero attached hydrogens (tertiary/aromatic N) is 1. The standard InChI is InChI=1S/C14H20F3N3OS/c1-18-13(19-6-7-22-3)20-9-10-4-5-11(21-2)8-12(10)14(15,16)17/h4-5,8H,6-7,9H2,1-3H3,(H2,18,19,20). The van der Waals surface area contributed by atoms with E-state index in [9.17, 15) is 13.2 Å². The number of nitrogens with one attached hydrogen (secondary N) is 2. The van der Waals surface area contributed by atoms with Crippen molar-refractivity contribution in [1.29, 1.82) is 0 Å². The summed E-state index contributed by atoms with van der Waals surface area (Å²) in [6.45, 7) is 0.716. The third-order valence-corrected chi connectivity index (χ3v) is 3.50. The molecule has 0 bridgehead atoms. The molecule has 0 heterocycles. The van der Waals surface area contributed by atoms with Crippen molar-refractivity contribution >= 4 is 17.7 Å². The summed E-state index contributed by atoms with van der Waals surface area (Å²) in [7, 11) is 2.91. The van der Waals surface area contributed by atoms with Crippen LogP contribution in [-0.2, 0) is 12.7 Å². The number of methoxy groups -OCH3 is 1. The van der Waals surface area contributed by atoms with E-state index < -0.39 is 11.7 Å². The van der Waals surface area contributed by atoms with E-state index in [-0.39, 0.29) is 17.9 Å². The molecule has 0 aromatic heterocycles. The fraction of sp³-hybridized carbons (Fsp3) is 0.500. The molecule has 0 aliphatic carbocycles. The maximum absolute atomic E-state index is 13.1. The third-order valence-electron chi connectivity index (χ3n) is 2.89. The highest BCUT2D eigenvalue weighted by atomic mass is 32.2. The summed E-state index contributed by atoms with van der Waals surface area (Å²) >= 11 is 1.67. The zero-order chi connectivity index (χ0) is 16.6. The highest BCUT2D eigenvalue weighted by Gasteiger charge is 2.33. The molecular formula is C14H20F3N3OS. The summed E-state index contributed by atoms with van der Waals surface area (Å²) in [5, 5.41) is 5.92. The van der Waals surface area contributed by atoms with Gasteiger partial charge in [-0.15, -0.1) is 0 Å². The fourth-order valence-corrected chi connectivity index (χ4v) is 2.08. The summed E-state index contributed by atoms with van der Waals surface area (Å²) in [5.74, 6) is 1.54. The SMILES string of the molecule is CN=C(NCCSC)NCc1ccc(OC)cc1C(F)(F)F. The summed E-state index contributed by atoms with van der Waals surface area (Å²) in [6.07, 6.45) is -2.45. The van der Waals surface area contributed by atoms with Gasteiger partial charge < -0.3 is 15.4 Å². The van der Waals surface area contributed by atoms with Crippen LogP contribution in [-0.4, -0.2) is 38.7 Å². The predicted molar refractivity (Wildman–Crippen MR) is 84.6 cm³/mol. The van der Waals surface area contributed by atoms with Crippen LogP contribution in [0.5, 0.6) is 5.75 Å². The Morgan fingerprint density at radius 2 is 2.05 bits per heavy atom. The Balaban J connectivity index is 2.80. The van der Waals surface area contributed by atoms with Gasteiger partial charge in [-0.25, -0.2) is 0 Å². The Kier molecular flexibility index (Phi) is 7.37. The van der Waals surface area contributed by atoms with Crippen LogP contribution in [0.2, 0.25) is 0 Å². The molecule has 0 radical (unpaired) electrons. The van der Waals surface area contributed by atoms with Crippen LogP contribution in [0.15, 0.2) is 23.2 Å². The van der Waals surface area contributed by atoms with E-state index in [0.717, 1.165) is 11.8 Å². The topological polar surface area (TPSA) is 45.7 Å². The molecule has 0 aliphatic rings. The van der Waals surface area contributed by atoms with Crippen LogP contribution in [0, 0.1) is 0 Å². The van der Waals surface area contributed by atoms with Gasteiger partial charge in [0.05, 0.1) is 12.7 Å². The van der Waals surface area contributed by atoms with Crippen molar-refractivity contribution in [3.05, 3.63) is 29.3 Å². The minimum atomic E-state index is -4.43. The molecule has 0 unspecified atom stereocenters. The molecule has 8 heteroatoms. The Bertz CT molecular complexity index is 507. The first-order chi connectivity index (χ1) is 10.4. The summed E-state index contributed by atoms with van der Waals surface area (Å²) < 4.78 is 44.1. The highest BCUT2D eigenvalue weighted by molar-refractivity contribution is 7.98. The van der Waals surface area contributed by atoms with Crippen molar-refractivity contribution in [3.63, 3.8) is 0 Å². The molecule has 2 N–H and O–H groups in total. The lowest BCUT2D eigenvalue weighted by Gasteiger charge is -2.16. The van der Waals surface area contributed by atoms with Crippen LogP contribution >= 0.6 is 11.8 Å². The molecule has 0 saturated carbocycles. The summed E-state index contributed by atoms with van der Waals surface area (Å²) in [5.41, 5.74) is -0.569. The second-order valence-corrected chi connectivity index (χ2v) is 5.35. The van der Waals surface area contributed by atoms with Gasteiger partial charge in [0.25, 0.3) is 0 Å². The van der Waals surface area contributed by atoms with Gasteiger partial charge >= 0.3 is 6.18 Å². The number of hydrogen-bond donors (Lipinski definition) is 2. The van der Waals surface area contributed by atoms with E-state index in [4.69, 9.17) is 4.74 Å². The Labute approximate surface area is 132 Å². The number of hydrogen-bond acceptors (Lipinski definition) is 3. The smallest absolute Gasteiger partial charge is 0.416 e. The van der Waals surface area contributed by atoms with Crippen molar-refractivity contribution in [2.75, 3.05) is 32.7 Å². The van der Waals surface area contributed by atoms with Gasteiger partial charge in [0.15, 0.2) is 5.96 Å². The number of guanidine groups is 1. The number of benzene rings is 1. The molecule has 1 aromatic rings. The highest BCUT2D eigenvalue weighted by Crippen LogP contribution is 2.34. The molecule has 0 saturated heterocycles. The van der Waals surface area contributed by atoms with Crippen molar-refractivity contribution in [3.8, 4) is 5.75 Å². The second kappa shape index (κ2) is 8.77. The van der Waals surface area contributed by atoms with Gasteiger partial charge in [-0.2, -0.15) is 24.9 Å². The average molecular weight is 335 g/mol. The maximum Gasteiger partial charge on any atom is 0.416 e. The molecule has 0 amide bonds. The first kappa shape index (κ1) is 18.5. The molecule has 0 atom stereocenters. The Morgan fingerprint density at radius 1 is 1.32 bits per heavy atom.